The number of hydrogen-bond donors (Lipinski definition) is 2. The van der Waals surface area contributed by atoms with Gasteiger partial charge in [0.1, 0.15) is 6.17 Å². The largest absolute Gasteiger partial charge is 0.325 e. The van der Waals surface area contributed by atoms with Crippen LogP contribution in [0.4, 0.5) is 8.78 Å². The summed E-state index contributed by atoms with van der Waals surface area (Å²) in [4.78, 5) is 13.1. The molecule has 1 saturated heterocycles. The molecule has 0 amide bonds. The smallest absolute Gasteiger partial charge is 0.261 e. The summed E-state index contributed by atoms with van der Waals surface area (Å²) >= 11 is 0. The van der Waals surface area contributed by atoms with Gasteiger partial charge in [0.05, 0.1) is 6.54 Å². The fourth-order valence-corrected chi connectivity index (χ4v) is 6.03. The van der Waals surface area contributed by atoms with Crippen LogP contribution >= 0.6 is 0 Å². The molecule has 124 valence electrons. The molecule has 0 aromatic heterocycles. The number of alkyl halides is 2. The molecule has 4 aliphatic carbocycles. The molecule has 1 aliphatic heterocycles. The molecule has 6 heteroatoms. The van der Waals surface area contributed by atoms with Crippen LogP contribution < -0.4 is 11.1 Å². The molecule has 22 heavy (non-hydrogen) atoms. The Morgan fingerprint density at radius 3 is 2.41 bits per heavy atom. The first-order chi connectivity index (χ1) is 10.3. The third-order valence-electron chi connectivity index (χ3n) is 6.28. The van der Waals surface area contributed by atoms with Crippen LogP contribution in [0, 0.1) is 11.8 Å². The van der Waals surface area contributed by atoms with Crippen molar-refractivity contribution in [2.75, 3.05) is 13.1 Å². The van der Waals surface area contributed by atoms with E-state index in [1.54, 1.807) is 4.90 Å². The van der Waals surface area contributed by atoms with Gasteiger partial charge in [-0.2, -0.15) is 0 Å². The molecule has 1 heterocycles. The first-order valence-corrected chi connectivity index (χ1v) is 8.44. The van der Waals surface area contributed by atoms with E-state index in [1.807, 2.05) is 0 Å². The predicted molar refractivity (Wildman–Crippen MR) is 78.5 cm³/mol. The van der Waals surface area contributed by atoms with Gasteiger partial charge in [-0.25, -0.2) is 8.78 Å². The Morgan fingerprint density at radius 2 is 1.91 bits per heavy atom. The van der Waals surface area contributed by atoms with E-state index in [0.717, 1.165) is 38.4 Å². The number of nitrogens with one attached hydrogen (secondary N) is 1. The summed E-state index contributed by atoms with van der Waals surface area (Å²) in [7, 11) is 0. The minimum Gasteiger partial charge on any atom is -0.325 e. The number of rotatable bonds is 4. The fraction of sp³-hybridized carbons (Fsp3) is 0.938. The van der Waals surface area contributed by atoms with E-state index >= 15 is 0 Å². The SMILES string of the molecule is NC12CC3CC(C1)CC(NC(C=O)N1CCC(F)(F)C1)(C3)C2. The highest BCUT2D eigenvalue weighted by atomic mass is 19.3. The second kappa shape index (κ2) is 4.71. The van der Waals surface area contributed by atoms with Crippen LogP contribution in [0.15, 0.2) is 0 Å². The molecule has 0 spiro atoms. The van der Waals surface area contributed by atoms with Gasteiger partial charge >= 0.3 is 0 Å². The van der Waals surface area contributed by atoms with Crippen LogP contribution in [-0.2, 0) is 4.79 Å². The molecule has 5 rings (SSSR count). The molecule has 5 aliphatic rings. The number of aldehydes is 1. The van der Waals surface area contributed by atoms with Crippen molar-refractivity contribution in [3.8, 4) is 0 Å². The van der Waals surface area contributed by atoms with Crippen LogP contribution in [0.25, 0.3) is 0 Å². The van der Waals surface area contributed by atoms with Crippen LogP contribution in [0.5, 0.6) is 0 Å². The van der Waals surface area contributed by atoms with Gasteiger partial charge in [-0.05, 0) is 50.4 Å². The second-order valence-corrected chi connectivity index (χ2v) is 8.41. The normalized spacial score (nSPS) is 47.8. The van der Waals surface area contributed by atoms with Crippen LogP contribution in [0.3, 0.4) is 0 Å². The minimum atomic E-state index is -2.67. The van der Waals surface area contributed by atoms with Crippen molar-refractivity contribution < 1.29 is 13.6 Å². The van der Waals surface area contributed by atoms with Gasteiger partial charge in [-0.3, -0.25) is 10.2 Å². The molecule has 4 saturated carbocycles. The third-order valence-corrected chi connectivity index (χ3v) is 6.28. The average Bonchev–Trinajstić information content (AvgIpc) is 2.73. The number of carbonyl (C=O) groups excluding carboxylic acids is 1. The highest BCUT2D eigenvalue weighted by Gasteiger charge is 2.57. The Balaban J connectivity index is 1.51. The Morgan fingerprint density at radius 1 is 1.23 bits per heavy atom. The Labute approximate surface area is 129 Å². The number of nitrogens with two attached hydrogens (primary N) is 1. The van der Waals surface area contributed by atoms with Gasteiger partial charge in [-0.15, -0.1) is 0 Å². The van der Waals surface area contributed by atoms with Crippen molar-refractivity contribution in [3.63, 3.8) is 0 Å². The molecular formula is C16H25F2N3O. The maximum absolute atomic E-state index is 13.4. The lowest BCUT2D eigenvalue weighted by Gasteiger charge is -2.61. The van der Waals surface area contributed by atoms with Gasteiger partial charge in [-0.1, -0.05) is 0 Å². The van der Waals surface area contributed by atoms with Crippen molar-refractivity contribution >= 4 is 6.29 Å². The van der Waals surface area contributed by atoms with E-state index in [0.29, 0.717) is 11.8 Å². The number of carbonyl (C=O) groups is 1. The van der Waals surface area contributed by atoms with Gasteiger partial charge in [0.25, 0.3) is 5.92 Å². The molecule has 0 aromatic rings. The molecule has 3 unspecified atom stereocenters. The van der Waals surface area contributed by atoms with Crippen LogP contribution in [-0.4, -0.2) is 47.4 Å². The maximum atomic E-state index is 13.4. The molecule has 3 atom stereocenters. The van der Waals surface area contributed by atoms with E-state index in [1.165, 1.54) is 6.42 Å². The summed E-state index contributed by atoms with van der Waals surface area (Å²) in [6.45, 7) is -0.0414. The van der Waals surface area contributed by atoms with Crippen LogP contribution in [0.1, 0.15) is 44.9 Å². The fourth-order valence-electron chi connectivity index (χ4n) is 6.03. The zero-order valence-electron chi connectivity index (χ0n) is 12.9. The van der Waals surface area contributed by atoms with Crippen molar-refractivity contribution in [3.05, 3.63) is 0 Å². The van der Waals surface area contributed by atoms with E-state index in [-0.39, 0.29) is 30.6 Å². The molecule has 5 fully saturated rings. The van der Waals surface area contributed by atoms with E-state index in [9.17, 15) is 13.6 Å². The number of halogens is 2. The zero-order chi connectivity index (χ0) is 15.6. The van der Waals surface area contributed by atoms with Gasteiger partial charge < -0.3 is 10.5 Å². The molecule has 0 aromatic carbocycles. The Hall–Kier alpha value is -0.590. The molecule has 4 nitrogen and oxygen atoms in total. The van der Waals surface area contributed by atoms with E-state index < -0.39 is 12.1 Å². The summed E-state index contributed by atoms with van der Waals surface area (Å²) < 4.78 is 26.9. The summed E-state index contributed by atoms with van der Waals surface area (Å²) in [5.41, 5.74) is 6.32. The standard InChI is InChI=1S/C16H25F2N3O/c17-16(18)1-2-21(10-16)13(8-22)20-15-6-11-3-12(7-15)5-14(19,4-11)9-15/h8,11-13,20H,1-7,9-10,19H2. The van der Waals surface area contributed by atoms with Gasteiger partial charge in [0.15, 0.2) is 6.29 Å². The monoisotopic (exact) mass is 313 g/mol. The Kier molecular flexibility index (Phi) is 3.20. The van der Waals surface area contributed by atoms with Crippen LogP contribution in [0.2, 0.25) is 0 Å². The topological polar surface area (TPSA) is 58.4 Å². The summed E-state index contributed by atoms with van der Waals surface area (Å²) in [5.74, 6) is -1.41. The zero-order valence-corrected chi connectivity index (χ0v) is 12.9. The van der Waals surface area contributed by atoms with Crippen molar-refractivity contribution in [1.29, 1.82) is 0 Å². The van der Waals surface area contributed by atoms with E-state index in [4.69, 9.17) is 5.73 Å². The summed E-state index contributed by atoms with van der Waals surface area (Å²) in [6.07, 6.45) is 6.40. The highest BCUT2D eigenvalue weighted by Crippen LogP contribution is 2.56. The lowest BCUT2D eigenvalue weighted by Crippen LogP contribution is -2.70. The minimum absolute atomic E-state index is 0.112. The first-order valence-electron chi connectivity index (χ1n) is 8.44. The lowest BCUT2D eigenvalue weighted by atomic mass is 9.50. The van der Waals surface area contributed by atoms with Gasteiger partial charge in [0.2, 0.25) is 0 Å². The van der Waals surface area contributed by atoms with Crippen molar-refractivity contribution in [2.24, 2.45) is 17.6 Å². The Bertz CT molecular complexity index is 470. The quantitative estimate of drug-likeness (QED) is 0.772. The predicted octanol–water partition coefficient (Wildman–Crippen LogP) is 1.49. The first kappa shape index (κ1) is 15.0. The maximum Gasteiger partial charge on any atom is 0.261 e. The molecule has 3 N–H and O–H groups in total. The molecule has 4 bridgehead atoms. The third kappa shape index (κ3) is 2.49. The molecular weight excluding hydrogens is 288 g/mol. The second-order valence-electron chi connectivity index (χ2n) is 8.41. The summed E-state index contributed by atoms with van der Waals surface area (Å²) in [6, 6.07) is 0. The summed E-state index contributed by atoms with van der Waals surface area (Å²) in [5, 5.41) is 3.46. The van der Waals surface area contributed by atoms with Crippen molar-refractivity contribution in [1.82, 2.24) is 10.2 Å². The lowest BCUT2D eigenvalue weighted by molar-refractivity contribution is -0.117. The number of likely N-dealkylation sites (tertiary alicyclic amines) is 1. The highest BCUT2D eigenvalue weighted by molar-refractivity contribution is 5.57. The van der Waals surface area contributed by atoms with Gasteiger partial charge in [0, 0.05) is 24.0 Å². The molecule has 0 radical (unpaired) electrons. The average molecular weight is 313 g/mol. The van der Waals surface area contributed by atoms with E-state index in [2.05, 4.69) is 5.32 Å². The number of hydrogen-bond acceptors (Lipinski definition) is 4. The van der Waals surface area contributed by atoms with Crippen molar-refractivity contribution in [2.45, 2.75) is 68.1 Å². The number of nitrogens with zero attached hydrogens (tertiary/aromatic N) is 1.